The summed E-state index contributed by atoms with van der Waals surface area (Å²) in [5, 5.41) is 0. The summed E-state index contributed by atoms with van der Waals surface area (Å²) in [5.74, 6) is -0.127. The van der Waals surface area contributed by atoms with Crippen LogP contribution < -0.4 is 5.73 Å². The van der Waals surface area contributed by atoms with Crippen LogP contribution in [0.1, 0.15) is 25.7 Å². The van der Waals surface area contributed by atoms with E-state index in [1.807, 2.05) is 0 Å². The molecule has 0 aromatic rings. The van der Waals surface area contributed by atoms with Crippen LogP contribution in [0.15, 0.2) is 0 Å². The molecule has 0 saturated carbocycles. The fourth-order valence-electron chi connectivity index (χ4n) is 2.79. The van der Waals surface area contributed by atoms with Gasteiger partial charge in [0.1, 0.15) is 0 Å². The minimum absolute atomic E-state index is 0.127. The van der Waals surface area contributed by atoms with Gasteiger partial charge in [-0.25, -0.2) is 0 Å². The zero-order chi connectivity index (χ0) is 10.1. The molecule has 2 heterocycles. The first-order chi connectivity index (χ1) is 6.70. The van der Waals surface area contributed by atoms with E-state index in [9.17, 15) is 4.79 Å². The second-order valence-corrected chi connectivity index (χ2v) is 4.36. The van der Waals surface area contributed by atoms with Gasteiger partial charge in [-0.15, -0.1) is 0 Å². The summed E-state index contributed by atoms with van der Waals surface area (Å²) in [5.41, 5.74) is 5.94. The van der Waals surface area contributed by atoms with Gasteiger partial charge in [0.2, 0.25) is 0 Å². The van der Waals surface area contributed by atoms with E-state index < -0.39 is 0 Å². The first-order valence-corrected chi connectivity index (χ1v) is 5.29. The normalized spacial score (nSPS) is 37.1. The number of carbonyl (C=O) groups is 1. The Morgan fingerprint density at radius 2 is 2.00 bits per heavy atom. The van der Waals surface area contributed by atoms with Crippen LogP contribution in [0, 0.1) is 0 Å². The van der Waals surface area contributed by atoms with E-state index in [0.29, 0.717) is 24.7 Å². The Morgan fingerprint density at radius 1 is 1.43 bits per heavy atom. The Morgan fingerprint density at radius 3 is 2.50 bits per heavy atom. The van der Waals surface area contributed by atoms with Crippen molar-refractivity contribution in [1.82, 2.24) is 4.90 Å². The van der Waals surface area contributed by atoms with Crippen molar-refractivity contribution in [2.24, 2.45) is 5.73 Å². The molecule has 2 N–H and O–H groups in total. The van der Waals surface area contributed by atoms with Crippen LogP contribution in [-0.2, 0) is 9.53 Å². The Labute approximate surface area is 84.4 Å². The van der Waals surface area contributed by atoms with Gasteiger partial charge in [-0.1, -0.05) is 0 Å². The molecule has 80 valence electrons. The number of nitrogens with zero attached hydrogens (tertiary/aromatic N) is 1. The third-order valence-corrected chi connectivity index (χ3v) is 3.46. The number of carbonyl (C=O) groups excluding carboxylic acids is 1. The Balaban J connectivity index is 1.97. The third kappa shape index (κ3) is 1.77. The first-order valence-electron chi connectivity index (χ1n) is 5.29. The SMILES string of the molecule is COC(=O)CN1[C@@H]2CC[C@H]1CC(N)C2. The van der Waals surface area contributed by atoms with Crippen molar-refractivity contribution in [1.29, 1.82) is 0 Å². The molecule has 0 aromatic heterocycles. The minimum Gasteiger partial charge on any atom is -0.468 e. The molecule has 2 saturated heterocycles. The molecule has 0 spiro atoms. The Hall–Kier alpha value is -0.610. The number of nitrogens with two attached hydrogens (primary N) is 1. The lowest BCUT2D eigenvalue weighted by Gasteiger charge is -2.36. The molecule has 14 heavy (non-hydrogen) atoms. The molecule has 3 atom stereocenters. The lowest BCUT2D eigenvalue weighted by Crippen LogP contribution is -2.49. The monoisotopic (exact) mass is 198 g/mol. The number of fused-ring (bicyclic) bond motifs is 2. The van der Waals surface area contributed by atoms with Crippen LogP contribution in [-0.4, -0.2) is 42.6 Å². The molecule has 4 nitrogen and oxygen atoms in total. The fourth-order valence-corrected chi connectivity index (χ4v) is 2.79. The number of rotatable bonds is 2. The summed E-state index contributed by atoms with van der Waals surface area (Å²) >= 11 is 0. The summed E-state index contributed by atoms with van der Waals surface area (Å²) in [6.45, 7) is 0.443. The number of ether oxygens (including phenoxy) is 1. The molecule has 0 aromatic carbocycles. The highest BCUT2D eigenvalue weighted by atomic mass is 16.5. The van der Waals surface area contributed by atoms with Gasteiger partial charge in [0.25, 0.3) is 0 Å². The van der Waals surface area contributed by atoms with Crippen molar-refractivity contribution in [2.45, 2.75) is 43.8 Å². The van der Waals surface area contributed by atoms with Gasteiger partial charge < -0.3 is 10.5 Å². The summed E-state index contributed by atoms with van der Waals surface area (Å²) in [6.07, 6.45) is 4.45. The highest BCUT2D eigenvalue weighted by Crippen LogP contribution is 2.34. The van der Waals surface area contributed by atoms with E-state index in [1.54, 1.807) is 0 Å². The van der Waals surface area contributed by atoms with Crippen molar-refractivity contribution >= 4 is 5.97 Å². The van der Waals surface area contributed by atoms with Gasteiger partial charge in [-0.2, -0.15) is 0 Å². The molecule has 1 unspecified atom stereocenters. The van der Waals surface area contributed by atoms with E-state index >= 15 is 0 Å². The molecule has 2 rings (SSSR count). The Bertz CT molecular complexity index is 218. The molecule has 0 amide bonds. The lowest BCUT2D eigenvalue weighted by molar-refractivity contribution is -0.143. The van der Waals surface area contributed by atoms with Crippen LogP contribution >= 0.6 is 0 Å². The smallest absolute Gasteiger partial charge is 0.319 e. The van der Waals surface area contributed by atoms with Gasteiger partial charge in [0.15, 0.2) is 0 Å². The zero-order valence-corrected chi connectivity index (χ0v) is 8.61. The first kappa shape index (κ1) is 9.93. The average molecular weight is 198 g/mol. The number of methoxy groups -OCH3 is 1. The molecule has 0 radical (unpaired) electrons. The second-order valence-electron chi connectivity index (χ2n) is 4.36. The minimum atomic E-state index is -0.127. The van der Waals surface area contributed by atoms with Crippen molar-refractivity contribution in [2.75, 3.05) is 13.7 Å². The lowest BCUT2D eigenvalue weighted by atomic mass is 9.98. The van der Waals surface area contributed by atoms with Crippen LogP contribution in [0.3, 0.4) is 0 Å². The van der Waals surface area contributed by atoms with E-state index in [1.165, 1.54) is 20.0 Å². The molecule has 2 aliphatic heterocycles. The summed E-state index contributed by atoms with van der Waals surface area (Å²) in [6, 6.07) is 1.37. The van der Waals surface area contributed by atoms with E-state index in [-0.39, 0.29) is 5.97 Å². The highest BCUT2D eigenvalue weighted by molar-refractivity contribution is 5.71. The number of hydrogen-bond donors (Lipinski definition) is 1. The van der Waals surface area contributed by atoms with Gasteiger partial charge >= 0.3 is 5.97 Å². The summed E-state index contributed by atoms with van der Waals surface area (Å²) in [7, 11) is 1.44. The van der Waals surface area contributed by atoms with Crippen molar-refractivity contribution in [3.8, 4) is 0 Å². The molecule has 2 fully saturated rings. The van der Waals surface area contributed by atoms with E-state index in [4.69, 9.17) is 10.5 Å². The van der Waals surface area contributed by atoms with Gasteiger partial charge in [0.05, 0.1) is 13.7 Å². The van der Waals surface area contributed by atoms with Crippen molar-refractivity contribution < 1.29 is 9.53 Å². The predicted molar refractivity (Wildman–Crippen MR) is 52.7 cm³/mol. The molecule has 4 heteroatoms. The van der Waals surface area contributed by atoms with Crippen molar-refractivity contribution in [3.63, 3.8) is 0 Å². The topological polar surface area (TPSA) is 55.6 Å². The van der Waals surface area contributed by atoms with E-state index in [2.05, 4.69) is 4.90 Å². The van der Waals surface area contributed by atoms with Crippen molar-refractivity contribution in [3.05, 3.63) is 0 Å². The number of esters is 1. The summed E-state index contributed by atoms with van der Waals surface area (Å²) < 4.78 is 4.69. The zero-order valence-electron chi connectivity index (χ0n) is 8.61. The van der Waals surface area contributed by atoms with Gasteiger partial charge in [-0.05, 0) is 25.7 Å². The largest absolute Gasteiger partial charge is 0.468 e. The van der Waals surface area contributed by atoms with Gasteiger partial charge in [0, 0.05) is 18.1 Å². The van der Waals surface area contributed by atoms with Crippen LogP contribution in [0.4, 0.5) is 0 Å². The van der Waals surface area contributed by atoms with Crippen LogP contribution in [0.25, 0.3) is 0 Å². The Kier molecular flexibility index (Phi) is 2.74. The summed E-state index contributed by atoms with van der Waals surface area (Å²) in [4.78, 5) is 13.5. The maximum Gasteiger partial charge on any atom is 0.319 e. The van der Waals surface area contributed by atoms with Crippen LogP contribution in [0.2, 0.25) is 0 Å². The van der Waals surface area contributed by atoms with E-state index in [0.717, 1.165) is 12.8 Å². The van der Waals surface area contributed by atoms with Crippen LogP contribution in [0.5, 0.6) is 0 Å². The molecular formula is C10H18N2O2. The molecule has 0 aliphatic carbocycles. The fraction of sp³-hybridized carbons (Fsp3) is 0.900. The maximum atomic E-state index is 11.2. The third-order valence-electron chi connectivity index (χ3n) is 3.46. The number of hydrogen-bond acceptors (Lipinski definition) is 4. The van der Waals surface area contributed by atoms with Gasteiger partial charge in [-0.3, -0.25) is 9.69 Å². The molecule has 2 aliphatic rings. The quantitative estimate of drug-likeness (QED) is 0.640. The maximum absolute atomic E-state index is 11.2. The second kappa shape index (κ2) is 3.87. The standard InChI is InChI=1S/C10H18N2O2/c1-14-10(13)6-12-8-2-3-9(12)5-7(11)4-8/h7-9H,2-6,11H2,1H3/t7?,8-,9+. The number of piperidine rings is 1. The average Bonchev–Trinajstić information content (AvgIpc) is 2.41. The highest BCUT2D eigenvalue weighted by Gasteiger charge is 2.40. The predicted octanol–water partition coefficient (Wildman–Crippen LogP) is 0.113. The molecular weight excluding hydrogens is 180 g/mol. The molecule has 2 bridgehead atoms.